The van der Waals surface area contributed by atoms with Crippen LogP contribution in [0.3, 0.4) is 0 Å². The van der Waals surface area contributed by atoms with Crippen LogP contribution < -0.4 is 5.32 Å². The minimum Gasteiger partial charge on any atom is -0.396 e. The number of carbonyl (C=O) groups excluding carboxylic acids is 1. The molecule has 0 aromatic rings. The summed E-state index contributed by atoms with van der Waals surface area (Å²) < 4.78 is 21.9. The fraction of sp³-hybridized carbons (Fsp3) is 0.960. The quantitative estimate of drug-likeness (QED) is 0.0767. The van der Waals surface area contributed by atoms with E-state index in [9.17, 15) is 76.3 Å². The number of nitrogens with one attached hydrogen (secondary N) is 1. The third kappa shape index (κ3) is 8.32. The maximum absolute atomic E-state index is 10.9. The van der Waals surface area contributed by atoms with Crippen molar-refractivity contribution >= 4 is 6.29 Å². The van der Waals surface area contributed by atoms with Gasteiger partial charge >= 0.3 is 0 Å². The van der Waals surface area contributed by atoms with Crippen molar-refractivity contribution in [3.05, 3.63) is 0 Å². The van der Waals surface area contributed by atoms with E-state index in [-0.39, 0.29) is 12.7 Å². The molecule has 0 bridgehead atoms. The van der Waals surface area contributed by atoms with Crippen LogP contribution in [0, 0.1) is 5.92 Å². The predicted octanol–water partition coefficient (Wildman–Crippen LogP) is -9.67. The fourth-order valence-corrected chi connectivity index (χ4v) is 5.75. The van der Waals surface area contributed by atoms with Gasteiger partial charge in [0.2, 0.25) is 0 Å². The molecule has 0 aromatic heterocycles. The molecule has 20 nitrogen and oxygen atoms in total. The molecule has 3 fully saturated rings. The highest BCUT2D eigenvalue weighted by Gasteiger charge is 2.53. The third-order valence-electron chi connectivity index (χ3n) is 8.47. The van der Waals surface area contributed by atoms with Crippen LogP contribution in [-0.2, 0) is 23.7 Å². The molecule has 1 saturated carbocycles. The average molecular weight is 664 g/mol. The van der Waals surface area contributed by atoms with Crippen molar-refractivity contribution in [2.45, 2.75) is 117 Å². The standard InChI is InChI=1S/C25H45NO19/c27-2-7-1-8(15(35)18(38)14(7)34)26-13-11(5-30)42-24(20(40)17(13)37)45-23-12(6-31)43-25(21(41)19(23)39)44-22(10(33)4-29)16(36)9(32)3-28/h3,7-27,29-41H,1-2,4-6H2/t7?,8-,9-,10+,11+,12+,13+,14+,15-,16+,17-,18-,19+,20+,21+,22+,23+,24+,25+/m0/s1. The van der Waals surface area contributed by atoms with Crippen molar-refractivity contribution in [3.8, 4) is 0 Å². The first-order valence-electron chi connectivity index (χ1n) is 14.3. The summed E-state index contributed by atoms with van der Waals surface area (Å²) in [4.78, 5) is 10.9. The molecule has 1 aliphatic carbocycles. The molecule has 2 aliphatic heterocycles. The number of aliphatic hydroxyl groups is 14. The van der Waals surface area contributed by atoms with Gasteiger partial charge in [-0.25, -0.2) is 0 Å². The van der Waals surface area contributed by atoms with E-state index in [0.717, 1.165) is 0 Å². The molecule has 264 valence electrons. The summed E-state index contributed by atoms with van der Waals surface area (Å²) in [6.07, 6.45) is -29.1. The highest BCUT2D eigenvalue weighted by Crippen LogP contribution is 2.32. The zero-order valence-electron chi connectivity index (χ0n) is 23.9. The number of carbonyl (C=O) groups is 1. The molecule has 19 atom stereocenters. The second-order valence-corrected chi connectivity index (χ2v) is 11.4. The van der Waals surface area contributed by atoms with Gasteiger partial charge in [0.05, 0.1) is 38.1 Å². The number of hydrogen-bond acceptors (Lipinski definition) is 20. The zero-order valence-corrected chi connectivity index (χ0v) is 23.9. The summed E-state index contributed by atoms with van der Waals surface area (Å²) in [7, 11) is 0. The highest BCUT2D eigenvalue weighted by molar-refractivity contribution is 5.56. The molecule has 3 rings (SSSR count). The molecule has 0 aromatic carbocycles. The Morgan fingerprint density at radius 2 is 1.33 bits per heavy atom. The second-order valence-electron chi connectivity index (χ2n) is 11.4. The summed E-state index contributed by atoms with van der Waals surface area (Å²) in [6, 6.07) is -2.35. The molecule has 1 unspecified atom stereocenters. The summed E-state index contributed by atoms with van der Waals surface area (Å²) >= 11 is 0. The average Bonchev–Trinajstić information content (AvgIpc) is 3.04. The van der Waals surface area contributed by atoms with Crippen molar-refractivity contribution in [1.82, 2.24) is 5.32 Å². The Bertz CT molecular complexity index is 900. The first-order chi connectivity index (χ1) is 21.2. The van der Waals surface area contributed by atoms with E-state index in [4.69, 9.17) is 18.9 Å². The van der Waals surface area contributed by atoms with Gasteiger partial charge in [-0.3, -0.25) is 0 Å². The van der Waals surface area contributed by atoms with E-state index in [1.807, 2.05) is 0 Å². The SMILES string of the molecule is O=C[C@H](O)[C@@H](O)[C@H](O[C@H]1O[C@H](CO)[C@@H](O[C@H]2O[C@H](CO)[C@@H](N[C@H]3CC(CO)[C@@H](O)[C@H](O)[C@H]3O)[C@H](O)[C@H]2O)[C@H](O)[C@H]1O)[C@H](O)CO. The van der Waals surface area contributed by atoms with Crippen LogP contribution in [0.2, 0.25) is 0 Å². The van der Waals surface area contributed by atoms with E-state index in [0.29, 0.717) is 0 Å². The van der Waals surface area contributed by atoms with E-state index in [1.165, 1.54) is 0 Å². The lowest BCUT2D eigenvalue weighted by atomic mass is 9.79. The maximum atomic E-state index is 10.9. The van der Waals surface area contributed by atoms with Crippen LogP contribution in [0.1, 0.15) is 6.42 Å². The predicted molar refractivity (Wildman–Crippen MR) is 140 cm³/mol. The van der Waals surface area contributed by atoms with Crippen molar-refractivity contribution in [2.75, 3.05) is 26.4 Å². The van der Waals surface area contributed by atoms with Gasteiger partial charge < -0.3 is 101 Å². The summed E-state index contributed by atoms with van der Waals surface area (Å²) in [5.41, 5.74) is 0. The van der Waals surface area contributed by atoms with Gasteiger partial charge in [-0.05, 0) is 6.42 Å². The molecule has 20 heteroatoms. The zero-order chi connectivity index (χ0) is 33.7. The molecule has 0 radical (unpaired) electrons. The molecule has 0 amide bonds. The van der Waals surface area contributed by atoms with Crippen LogP contribution in [0.15, 0.2) is 0 Å². The maximum Gasteiger partial charge on any atom is 0.187 e. The first kappa shape index (κ1) is 38.4. The highest BCUT2D eigenvalue weighted by atomic mass is 16.7. The molecule has 3 aliphatic rings. The Balaban J connectivity index is 1.72. The number of ether oxygens (including phenoxy) is 4. The van der Waals surface area contributed by atoms with E-state index >= 15 is 0 Å². The first-order valence-corrected chi connectivity index (χ1v) is 14.3. The Labute approximate surface area is 256 Å². The normalized spacial score (nSPS) is 45.4. The minimum atomic E-state index is -2.12. The lowest BCUT2D eigenvalue weighted by Gasteiger charge is -2.49. The Kier molecular flexibility index (Phi) is 14.4. The van der Waals surface area contributed by atoms with Gasteiger partial charge in [-0.2, -0.15) is 0 Å². The molecular weight excluding hydrogens is 618 g/mol. The van der Waals surface area contributed by atoms with Gasteiger partial charge in [-0.15, -0.1) is 0 Å². The summed E-state index contributed by atoms with van der Waals surface area (Å²) in [6.45, 7) is -3.29. The summed E-state index contributed by atoms with van der Waals surface area (Å²) in [5, 5.41) is 145. The van der Waals surface area contributed by atoms with Crippen LogP contribution in [-0.4, -0.2) is 214 Å². The lowest BCUT2D eigenvalue weighted by molar-refractivity contribution is -0.363. The van der Waals surface area contributed by atoms with E-state index < -0.39 is 142 Å². The van der Waals surface area contributed by atoms with Crippen LogP contribution >= 0.6 is 0 Å². The van der Waals surface area contributed by atoms with Gasteiger partial charge in [-0.1, -0.05) is 0 Å². The van der Waals surface area contributed by atoms with Crippen LogP contribution in [0.5, 0.6) is 0 Å². The van der Waals surface area contributed by atoms with Gasteiger partial charge in [0.25, 0.3) is 0 Å². The van der Waals surface area contributed by atoms with Gasteiger partial charge in [0.1, 0.15) is 73.2 Å². The van der Waals surface area contributed by atoms with E-state index in [2.05, 4.69) is 5.32 Å². The van der Waals surface area contributed by atoms with Crippen molar-refractivity contribution in [2.24, 2.45) is 5.92 Å². The van der Waals surface area contributed by atoms with Gasteiger partial charge in [0, 0.05) is 18.6 Å². The largest absolute Gasteiger partial charge is 0.396 e. The fourth-order valence-electron chi connectivity index (χ4n) is 5.75. The Morgan fingerprint density at radius 1 is 0.733 bits per heavy atom. The lowest BCUT2D eigenvalue weighted by Crippen LogP contribution is -2.70. The minimum absolute atomic E-state index is 0.0699. The number of rotatable bonds is 14. The molecule has 45 heavy (non-hydrogen) atoms. The molecule has 0 spiro atoms. The molecule has 2 heterocycles. The Hall–Kier alpha value is -1.09. The van der Waals surface area contributed by atoms with Crippen molar-refractivity contribution in [3.63, 3.8) is 0 Å². The number of aliphatic hydroxyl groups excluding tert-OH is 14. The van der Waals surface area contributed by atoms with Crippen LogP contribution in [0.4, 0.5) is 0 Å². The number of hydrogen-bond donors (Lipinski definition) is 15. The number of aldehydes is 1. The monoisotopic (exact) mass is 663 g/mol. The molecule has 15 N–H and O–H groups in total. The van der Waals surface area contributed by atoms with Crippen molar-refractivity contribution in [1.29, 1.82) is 0 Å². The smallest absolute Gasteiger partial charge is 0.187 e. The second kappa shape index (κ2) is 16.8. The van der Waals surface area contributed by atoms with Gasteiger partial charge in [0.15, 0.2) is 18.9 Å². The van der Waals surface area contributed by atoms with Crippen LogP contribution in [0.25, 0.3) is 0 Å². The topological polar surface area (TPSA) is 349 Å². The van der Waals surface area contributed by atoms with E-state index in [1.54, 1.807) is 0 Å². The molecular formula is C25H45NO19. The Morgan fingerprint density at radius 3 is 1.89 bits per heavy atom. The third-order valence-corrected chi connectivity index (χ3v) is 8.47. The summed E-state index contributed by atoms with van der Waals surface area (Å²) in [5.74, 6) is -0.848. The molecule has 2 saturated heterocycles. The van der Waals surface area contributed by atoms with Crippen molar-refractivity contribution < 1.29 is 95.2 Å².